The summed E-state index contributed by atoms with van der Waals surface area (Å²) in [5, 5.41) is 28.3. The minimum Gasteiger partial charge on any atom is -0.507 e. The maximum absolute atomic E-state index is 13.4. The first-order valence-corrected chi connectivity index (χ1v) is 15.3. The summed E-state index contributed by atoms with van der Waals surface area (Å²) in [5.74, 6) is -0.738. The van der Waals surface area contributed by atoms with Gasteiger partial charge in [-0.2, -0.15) is 0 Å². The van der Waals surface area contributed by atoms with Gasteiger partial charge in [-0.1, -0.05) is 43.6 Å². The first kappa shape index (κ1) is 35.3. The Morgan fingerprint density at radius 3 is 2.45 bits per heavy atom. The van der Waals surface area contributed by atoms with Crippen LogP contribution in [0.3, 0.4) is 0 Å². The van der Waals surface area contributed by atoms with Gasteiger partial charge < -0.3 is 35.2 Å². The second-order valence-electron chi connectivity index (χ2n) is 11.6. The summed E-state index contributed by atoms with van der Waals surface area (Å²) in [7, 11) is 3.91. The zero-order valence-corrected chi connectivity index (χ0v) is 26.4. The van der Waals surface area contributed by atoms with E-state index < -0.39 is 0 Å². The molecular weight excluding hydrogens is 534 g/mol. The molecule has 0 aromatic heterocycles. The van der Waals surface area contributed by atoms with Gasteiger partial charge in [-0.15, -0.1) is 0 Å². The summed E-state index contributed by atoms with van der Waals surface area (Å²) in [6.07, 6.45) is 7.66. The fraction of sp³-hybridized carbons (Fsp3) is 0.636. The number of rotatable bonds is 19. The van der Waals surface area contributed by atoms with Crippen LogP contribution in [0.1, 0.15) is 86.7 Å². The third-order valence-corrected chi connectivity index (χ3v) is 7.65. The average molecular weight is 588 g/mol. The molecule has 9 nitrogen and oxygen atoms in total. The van der Waals surface area contributed by atoms with Crippen LogP contribution in [0.25, 0.3) is 0 Å². The van der Waals surface area contributed by atoms with Crippen LogP contribution in [0.2, 0.25) is 0 Å². The van der Waals surface area contributed by atoms with Crippen molar-refractivity contribution in [3.8, 4) is 11.5 Å². The number of phenols is 2. The van der Waals surface area contributed by atoms with E-state index in [1.807, 2.05) is 25.9 Å². The number of nitrogens with zero attached hydrogens (tertiary/aromatic N) is 1. The summed E-state index contributed by atoms with van der Waals surface area (Å²) in [6.45, 7) is 13.2. The van der Waals surface area contributed by atoms with Crippen molar-refractivity contribution in [3.05, 3.63) is 46.6 Å². The number of ether oxygens (including phenoxy) is 2. The number of hydrogen-bond donors (Lipinski definition) is 4. The van der Waals surface area contributed by atoms with E-state index in [0.717, 1.165) is 44.2 Å². The van der Waals surface area contributed by atoms with Gasteiger partial charge in [-0.25, -0.2) is 0 Å². The largest absolute Gasteiger partial charge is 0.507 e. The summed E-state index contributed by atoms with van der Waals surface area (Å²) < 4.78 is 11.1. The lowest BCUT2D eigenvalue weighted by atomic mass is 9.73. The summed E-state index contributed by atoms with van der Waals surface area (Å²) in [4.78, 5) is 27.2. The number of carbonyl (C=O) groups is 2. The predicted octanol–water partition coefficient (Wildman–Crippen LogP) is 4.68. The van der Waals surface area contributed by atoms with E-state index in [1.165, 1.54) is 5.57 Å². The maximum atomic E-state index is 13.4. The van der Waals surface area contributed by atoms with Gasteiger partial charge >= 0.3 is 0 Å². The third kappa shape index (κ3) is 11.4. The van der Waals surface area contributed by atoms with E-state index in [-0.39, 0.29) is 53.9 Å². The molecule has 1 aromatic carbocycles. The van der Waals surface area contributed by atoms with Gasteiger partial charge in [0.1, 0.15) is 11.5 Å². The number of phenolic OH excluding ortho intramolecular Hbond substituents is 2. The molecule has 1 aromatic rings. The smallest absolute Gasteiger partial charge is 0.255 e. The average Bonchev–Trinajstić information content (AvgIpc) is 2.91. The Hall–Kier alpha value is -2.88. The number of aromatic hydroxyl groups is 2. The van der Waals surface area contributed by atoms with Crippen LogP contribution < -0.4 is 10.6 Å². The molecule has 1 aliphatic carbocycles. The number of aryl methyl sites for hydroxylation is 1. The number of likely N-dealkylation sites (N-methyl/N-ethyl adjacent to an activating group) is 1. The topological polar surface area (TPSA) is 120 Å². The van der Waals surface area contributed by atoms with E-state index in [1.54, 1.807) is 6.07 Å². The Kier molecular flexibility index (Phi) is 15.7. The first-order valence-electron chi connectivity index (χ1n) is 15.3. The molecule has 1 unspecified atom stereocenters. The van der Waals surface area contributed by atoms with Crippen molar-refractivity contribution in [1.29, 1.82) is 0 Å². The molecule has 2 amide bonds. The molecule has 1 aliphatic rings. The Labute approximate surface area is 252 Å². The first-order chi connectivity index (χ1) is 20.1. The molecule has 236 valence electrons. The second kappa shape index (κ2) is 18.6. The summed E-state index contributed by atoms with van der Waals surface area (Å²) >= 11 is 0. The number of allylic oxidation sites excluding steroid dienone is 3. The van der Waals surface area contributed by atoms with Crippen molar-refractivity contribution in [2.24, 2.45) is 5.92 Å². The van der Waals surface area contributed by atoms with Crippen molar-refractivity contribution >= 4 is 11.8 Å². The highest BCUT2D eigenvalue weighted by atomic mass is 16.5. The number of benzene rings is 1. The van der Waals surface area contributed by atoms with Gasteiger partial charge in [0.2, 0.25) is 5.91 Å². The Balaban J connectivity index is 1.96. The highest BCUT2D eigenvalue weighted by Crippen LogP contribution is 2.48. The predicted molar refractivity (Wildman–Crippen MR) is 167 cm³/mol. The molecule has 0 saturated heterocycles. The van der Waals surface area contributed by atoms with Gasteiger partial charge in [0.15, 0.2) is 0 Å². The molecule has 0 heterocycles. The van der Waals surface area contributed by atoms with Gasteiger partial charge in [0, 0.05) is 37.5 Å². The van der Waals surface area contributed by atoms with Crippen LogP contribution in [-0.2, 0) is 20.7 Å². The summed E-state index contributed by atoms with van der Waals surface area (Å²) in [5.41, 5.74) is 3.45. The van der Waals surface area contributed by atoms with Crippen LogP contribution in [-0.4, -0.2) is 87.1 Å². The van der Waals surface area contributed by atoms with Gasteiger partial charge in [-0.05, 0) is 71.2 Å². The lowest BCUT2D eigenvalue weighted by molar-refractivity contribution is -0.122. The normalized spacial score (nSPS) is 16.8. The van der Waals surface area contributed by atoms with Crippen molar-refractivity contribution in [2.75, 3.05) is 60.2 Å². The number of nitrogens with one attached hydrogen (secondary N) is 2. The van der Waals surface area contributed by atoms with Crippen molar-refractivity contribution in [1.82, 2.24) is 15.5 Å². The van der Waals surface area contributed by atoms with E-state index in [9.17, 15) is 19.8 Å². The maximum Gasteiger partial charge on any atom is 0.255 e. The highest BCUT2D eigenvalue weighted by molar-refractivity contribution is 5.99. The second-order valence-corrected chi connectivity index (χ2v) is 11.6. The zero-order chi connectivity index (χ0) is 31.1. The fourth-order valence-corrected chi connectivity index (χ4v) is 5.29. The molecule has 0 saturated carbocycles. The van der Waals surface area contributed by atoms with E-state index in [4.69, 9.17) is 9.47 Å². The Morgan fingerprint density at radius 1 is 1.07 bits per heavy atom. The summed E-state index contributed by atoms with van der Waals surface area (Å²) in [6, 6.07) is 1.66. The number of amides is 2. The van der Waals surface area contributed by atoms with Crippen molar-refractivity contribution in [3.63, 3.8) is 0 Å². The van der Waals surface area contributed by atoms with Crippen LogP contribution in [0, 0.1) is 5.92 Å². The molecule has 4 N–H and O–H groups in total. The molecule has 0 aliphatic heterocycles. The minimum absolute atomic E-state index is 0.0205. The lowest BCUT2D eigenvalue weighted by Crippen LogP contribution is -2.31. The molecule has 2 rings (SSSR count). The molecular formula is C33H53N3O6. The van der Waals surface area contributed by atoms with E-state index in [2.05, 4.69) is 37.1 Å². The van der Waals surface area contributed by atoms with Gasteiger partial charge in [0.05, 0.1) is 32.0 Å². The molecule has 0 fully saturated rings. The third-order valence-electron chi connectivity index (χ3n) is 7.65. The van der Waals surface area contributed by atoms with Gasteiger partial charge in [0.25, 0.3) is 5.91 Å². The number of carbonyl (C=O) groups excluding carboxylic acids is 2. The Morgan fingerprint density at radius 2 is 1.79 bits per heavy atom. The van der Waals surface area contributed by atoms with Crippen molar-refractivity contribution in [2.45, 2.75) is 71.6 Å². The standard InChI is InChI=1S/C33H53N3O6/c1-7-8-9-10-25-22-28(37)31(27-21-24(4)11-12-26(27)23(2)3)32(39)30(25)33(40)35-15-18-42-20-19-41-17-13-29(38)34-14-16-36(5)6/h21-22,26-27,37,39H,2,7-20H2,1,3-6H3,(H,34,38)(H,35,40)/t26-,27?/m0/s1. The zero-order valence-electron chi connectivity index (χ0n) is 26.4. The molecule has 0 bridgehead atoms. The molecule has 2 atom stereocenters. The highest BCUT2D eigenvalue weighted by Gasteiger charge is 2.33. The van der Waals surface area contributed by atoms with E-state index in [0.29, 0.717) is 50.3 Å². The molecule has 0 radical (unpaired) electrons. The van der Waals surface area contributed by atoms with Crippen molar-refractivity contribution < 1.29 is 29.3 Å². The number of hydrogen-bond acceptors (Lipinski definition) is 7. The fourth-order valence-electron chi connectivity index (χ4n) is 5.29. The molecule has 42 heavy (non-hydrogen) atoms. The monoisotopic (exact) mass is 587 g/mol. The SMILES string of the molecule is C=C(C)[C@@H]1CCC(C)=CC1c1c(O)cc(CCCCC)c(C(=O)NCCOCCOCCC(=O)NCCN(C)C)c1O. The van der Waals surface area contributed by atoms with Crippen LogP contribution in [0.5, 0.6) is 11.5 Å². The lowest BCUT2D eigenvalue weighted by Gasteiger charge is -2.32. The van der Waals surface area contributed by atoms with E-state index >= 15 is 0 Å². The van der Waals surface area contributed by atoms with Crippen LogP contribution in [0.4, 0.5) is 0 Å². The molecule has 9 heteroatoms. The quantitative estimate of drug-likeness (QED) is 0.137. The van der Waals surface area contributed by atoms with Gasteiger partial charge in [-0.3, -0.25) is 9.59 Å². The number of unbranched alkanes of at least 4 members (excludes halogenated alkanes) is 2. The molecule has 0 spiro atoms. The van der Waals surface area contributed by atoms with Crippen LogP contribution in [0.15, 0.2) is 29.9 Å². The Bertz CT molecular complexity index is 1070. The minimum atomic E-state index is -0.385. The van der Waals surface area contributed by atoms with Crippen LogP contribution >= 0.6 is 0 Å².